The van der Waals surface area contributed by atoms with E-state index in [2.05, 4.69) is 6.58 Å². The molecule has 0 aliphatic rings. The third-order valence-corrected chi connectivity index (χ3v) is 2.78. The predicted octanol–water partition coefficient (Wildman–Crippen LogP) is 2.02. The van der Waals surface area contributed by atoms with Gasteiger partial charge in [0.2, 0.25) is 0 Å². The van der Waals surface area contributed by atoms with Crippen LogP contribution in [0.3, 0.4) is 0 Å². The van der Waals surface area contributed by atoms with Crippen molar-refractivity contribution in [3.8, 4) is 0 Å². The van der Waals surface area contributed by atoms with Gasteiger partial charge in [0.05, 0.1) is 0 Å². The lowest BCUT2D eigenvalue weighted by Crippen LogP contribution is -2.04. The van der Waals surface area contributed by atoms with Crippen LogP contribution in [0.15, 0.2) is 23.6 Å². The second kappa shape index (κ2) is 3.51. The van der Waals surface area contributed by atoms with Crippen LogP contribution in [0.1, 0.15) is 11.1 Å². The highest BCUT2D eigenvalue weighted by Gasteiger charge is 2.19. The molecule has 0 bridgehead atoms. The van der Waals surface area contributed by atoms with Crippen molar-refractivity contribution in [2.45, 2.75) is 11.8 Å². The van der Waals surface area contributed by atoms with E-state index in [9.17, 15) is 12.8 Å². The molecule has 0 atom stereocenters. The maximum absolute atomic E-state index is 13.2. The Hall–Kier alpha value is -1.20. The first-order valence-electron chi connectivity index (χ1n) is 3.76. The smallest absolute Gasteiger partial charge is 0.282 e. The van der Waals surface area contributed by atoms with E-state index in [4.69, 9.17) is 4.55 Å². The van der Waals surface area contributed by atoms with Gasteiger partial charge in [0.15, 0.2) is 0 Å². The molecule has 0 aliphatic carbocycles. The van der Waals surface area contributed by atoms with Crippen LogP contribution in [0, 0.1) is 12.7 Å². The minimum atomic E-state index is -4.50. The standard InChI is InChI=1S/C9H9FO3S/c1-3-7-4-6(2)9(8(10)5-7)14(11,12)13/h3-5H,1H2,2H3,(H,11,12,13). The van der Waals surface area contributed by atoms with E-state index in [1.54, 1.807) is 0 Å². The van der Waals surface area contributed by atoms with Gasteiger partial charge in [-0.25, -0.2) is 4.39 Å². The van der Waals surface area contributed by atoms with Crippen molar-refractivity contribution in [2.75, 3.05) is 0 Å². The van der Waals surface area contributed by atoms with Crippen LogP contribution in [0.25, 0.3) is 6.08 Å². The first-order valence-corrected chi connectivity index (χ1v) is 5.20. The first-order chi connectivity index (χ1) is 6.36. The highest BCUT2D eigenvalue weighted by molar-refractivity contribution is 7.85. The molecule has 0 radical (unpaired) electrons. The minimum absolute atomic E-state index is 0.155. The molecule has 0 aliphatic heterocycles. The van der Waals surface area contributed by atoms with E-state index in [1.165, 1.54) is 19.1 Å². The fourth-order valence-electron chi connectivity index (χ4n) is 1.20. The molecular weight excluding hydrogens is 207 g/mol. The van der Waals surface area contributed by atoms with E-state index in [1.807, 2.05) is 0 Å². The van der Waals surface area contributed by atoms with Gasteiger partial charge >= 0.3 is 0 Å². The molecule has 14 heavy (non-hydrogen) atoms. The number of rotatable bonds is 2. The highest BCUT2D eigenvalue weighted by atomic mass is 32.2. The lowest BCUT2D eigenvalue weighted by atomic mass is 10.1. The summed E-state index contributed by atoms with van der Waals surface area (Å²) in [4.78, 5) is -0.678. The van der Waals surface area contributed by atoms with Gasteiger partial charge in [0, 0.05) is 0 Å². The second-order valence-electron chi connectivity index (χ2n) is 2.83. The summed E-state index contributed by atoms with van der Waals surface area (Å²) < 4.78 is 43.5. The lowest BCUT2D eigenvalue weighted by molar-refractivity contribution is 0.472. The number of aryl methyl sites for hydroxylation is 1. The van der Waals surface area contributed by atoms with Gasteiger partial charge in [-0.05, 0) is 24.1 Å². The Morgan fingerprint density at radius 2 is 2.07 bits per heavy atom. The molecule has 0 spiro atoms. The summed E-state index contributed by atoms with van der Waals surface area (Å²) in [5, 5.41) is 0. The van der Waals surface area contributed by atoms with Crippen molar-refractivity contribution >= 4 is 16.2 Å². The zero-order chi connectivity index (χ0) is 10.9. The topological polar surface area (TPSA) is 54.4 Å². The van der Waals surface area contributed by atoms with Crippen molar-refractivity contribution in [1.29, 1.82) is 0 Å². The summed E-state index contributed by atoms with van der Waals surface area (Å²) in [6.07, 6.45) is 1.39. The molecule has 3 nitrogen and oxygen atoms in total. The zero-order valence-electron chi connectivity index (χ0n) is 7.49. The molecule has 0 saturated carbocycles. The Bertz CT molecular complexity index is 454. The fourth-order valence-corrected chi connectivity index (χ4v) is 1.97. The Balaban J connectivity index is 3.56. The molecule has 1 aromatic carbocycles. The van der Waals surface area contributed by atoms with Gasteiger partial charge in [0.1, 0.15) is 10.7 Å². The molecule has 0 heterocycles. The van der Waals surface area contributed by atoms with Crippen LogP contribution in [-0.2, 0) is 10.1 Å². The van der Waals surface area contributed by atoms with Crippen LogP contribution < -0.4 is 0 Å². The third-order valence-electron chi connectivity index (χ3n) is 1.75. The van der Waals surface area contributed by atoms with Crippen LogP contribution >= 0.6 is 0 Å². The van der Waals surface area contributed by atoms with E-state index in [0.717, 1.165) is 6.07 Å². The van der Waals surface area contributed by atoms with Gasteiger partial charge in [-0.3, -0.25) is 4.55 Å². The largest absolute Gasteiger partial charge is 0.297 e. The summed E-state index contributed by atoms with van der Waals surface area (Å²) in [6, 6.07) is 2.43. The zero-order valence-corrected chi connectivity index (χ0v) is 8.31. The average molecular weight is 216 g/mol. The third kappa shape index (κ3) is 2.00. The molecule has 0 aromatic heterocycles. The van der Waals surface area contributed by atoms with Gasteiger partial charge in [-0.15, -0.1) is 0 Å². The minimum Gasteiger partial charge on any atom is -0.282 e. The summed E-state index contributed by atoms with van der Waals surface area (Å²) in [5.74, 6) is -0.970. The second-order valence-corrected chi connectivity index (χ2v) is 4.19. The Kier molecular flexibility index (Phi) is 2.73. The number of halogens is 1. The molecule has 76 valence electrons. The van der Waals surface area contributed by atoms with Crippen LogP contribution in [-0.4, -0.2) is 13.0 Å². The number of benzene rings is 1. The van der Waals surface area contributed by atoms with Crippen molar-refractivity contribution in [2.24, 2.45) is 0 Å². The van der Waals surface area contributed by atoms with Gasteiger partial charge < -0.3 is 0 Å². The lowest BCUT2D eigenvalue weighted by Gasteiger charge is -2.05. The first kappa shape index (κ1) is 10.9. The van der Waals surface area contributed by atoms with Crippen LogP contribution in [0.5, 0.6) is 0 Å². The molecular formula is C9H9FO3S. The maximum atomic E-state index is 13.2. The molecule has 0 fully saturated rings. The Labute approximate surface area is 81.6 Å². The van der Waals surface area contributed by atoms with Crippen LogP contribution in [0.2, 0.25) is 0 Å². The Morgan fingerprint density at radius 3 is 2.43 bits per heavy atom. The Morgan fingerprint density at radius 1 is 1.50 bits per heavy atom. The maximum Gasteiger partial charge on any atom is 0.297 e. The van der Waals surface area contributed by atoms with Crippen molar-refractivity contribution in [1.82, 2.24) is 0 Å². The predicted molar refractivity (Wildman–Crippen MR) is 51.0 cm³/mol. The fraction of sp³-hybridized carbons (Fsp3) is 0.111. The van der Waals surface area contributed by atoms with Crippen molar-refractivity contribution in [3.63, 3.8) is 0 Å². The van der Waals surface area contributed by atoms with Gasteiger partial charge in [0.25, 0.3) is 10.1 Å². The van der Waals surface area contributed by atoms with Crippen molar-refractivity contribution < 1.29 is 17.4 Å². The molecule has 1 rings (SSSR count). The average Bonchev–Trinajstić information content (AvgIpc) is 1.99. The quantitative estimate of drug-likeness (QED) is 0.769. The van der Waals surface area contributed by atoms with E-state index in [0.29, 0.717) is 5.56 Å². The number of hydrogen-bond acceptors (Lipinski definition) is 2. The van der Waals surface area contributed by atoms with E-state index >= 15 is 0 Å². The normalized spacial score (nSPS) is 11.4. The molecule has 1 aromatic rings. The van der Waals surface area contributed by atoms with E-state index in [-0.39, 0.29) is 5.56 Å². The SMILES string of the molecule is C=Cc1cc(C)c(S(=O)(=O)O)c(F)c1. The number of hydrogen-bond donors (Lipinski definition) is 1. The van der Waals surface area contributed by atoms with Gasteiger partial charge in [-0.1, -0.05) is 18.7 Å². The van der Waals surface area contributed by atoms with Gasteiger partial charge in [-0.2, -0.15) is 8.42 Å². The van der Waals surface area contributed by atoms with E-state index < -0.39 is 20.8 Å². The molecule has 0 amide bonds. The molecule has 0 saturated heterocycles. The molecule has 1 N–H and O–H groups in total. The monoisotopic (exact) mass is 216 g/mol. The summed E-state index contributed by atoms with van der Waals surface area (Å²) in [6.45, 7) is 4.83. The highest BCUT2D eigenvalue weighted by Crippen LogP contribution is 2.21. The summed E-state index contributed by atoms with van der Waals surface area (Å²) in [7, 11) is -4.50. The van der Waals surface area contributed by atoms with Crippen molar-refractivity contribution in [3.05, 3.63) is 35.7 Å². The summed E-state index contributed by atoms with van der Waals surface area (Å²) in [5.41, 5.74) is 0.620. The molecule has 0 unspecified atom stereocenters. The summed E-state index contributed by atoms with van der Waals surface area (Å²) >= 11 is 0. The van der Waals surface area contributed by atoms with Crippen LogP contribution in [0.4, 0.5) is 4.39 Å². The molecule has 5 heteroatoms.